The number of hydrogen-bond donors (Lipinski definition) is 1. The molecule has 1 aromatic heterocycles. The summed E-state index contributed by atoms with van der Waals surface area (Å²) in [5, 5.41) is 0. The standard InChI is InChI=1S/C20H25N3O6/c24-17(14-3-4-16-18(12-14)29-19(25)21-16)5-6-22-7-9-23(10-8-22)20(26)28-13-15-2-1-11-27-15/h3-4,12,15H,1-2,5-11,13H2,(H,21,25). The van der Waals surface area contributed by atoms with Gasteiger partial charge in [0, 0.05) is 51.3 Å². The molecule has 0 bridgehead atoms. The van der Waals surface area contributed by atoms with Gasteiger partial charge in [-0.1, -0.05) is 0 Å². The molecule has 2 aromatic rings. The first-order valence-electron chi connectivity index (χ1n) is 10.0. The van der Waals surface area contributed by atoms with Crippen LogP contribution < -0.4 is 5.76 Å². The van der Waals surface area contributed by atoms with Gasteiger partial charge in [-0.2, -0.15) is 0 Å². The van der Waals surface area contributed by atoms with Crippen molar-refractivity contribution in [3.05, 3.63) is 34.3 Å². The van der Waals surface area contributed by atoms with E-state index in [2.05, 4.69) is 9.88 Å². The summed E-state index contributed by atoms with van der Waals surface area (Å²) >= 11 is 0. The van der Waals surface area contributed by atoms with Crippen molar-refractivity contribution < 1.29 is 23.5 Å². The molecule has 9 nitrogen and oxygen atoms in total. The van der Waals surface area contributed by atoms with Gasteiger partial charge >= 0.3 is 11.8 Å². The number of ether oxygens (including phenoxy) is 2. The fraction of sp³-hybridized carbons (Fsp3) is 0.550. The highest BCUT2D eigenvalue weighted by Gasteiger charge is 2.24. The molecule has 1 amide bonds. The Morgan fingerprint density at radius 2 is 2.03 bits per heavy atom. The number of H-pyrrole nitrogens is 1. The number of amides is 1. The zero-order chi connectivity index (χ0) is 20.2. The Hall–Kier alpha value is -2.65. The molecule has 9 heteroatoms. The van der Waals surface area contributed by atoms with Crippen LogP contribution in [0.2, 0.25) is 0 Å². The lowest BCUT2D eigenvalue weighted by Gasteiger charge is -2.34. The highest BCUT2D eigenvalue weighted by molar-refractivity contribution is 5.98. The Morgan fingerprint density at radius 3 is 2.79 bits per heavy atom. The summed E-state index contributed by atoms with van der Waals surface area (Å²) in [6.07, 6.45) is 2.07. The number of nitrogens with one attached hydrogen (secondary N) is 1. The number of carbonyl (C=O) groups excluding carboxylic acids is 2. The number of aromatic amines is 1. The molecule has 0 spiro atoms. The van der Waals surface area contributed by atoms with Crippen LogP contribution in [0.5, 0.6) is 0 Å². The second-order valence-electron chi connectivity index (χ2n) is 7.44. The summed E-state index contributed by atoms with van der Waals surface area (Å²) in [6, 6.07) is 4.96. The van der Waals surface area contributed by atoms with Gasteiger partial charge in [0.15, 0.2) is 11.4 Å². The SMILES string of the molecule is O=C(CCN1CCN(C(=O)OCC2CCCO2)CC1)c1ccc2[nH]c(=O)oc2c1. The number of piperazine rings is 1. The van der Waals surface area contributed by atoms with Crippen molar-refractivity contribution in [2.24, 2.45) is 0 Å². The molecule has 0 radical (unpaired) electrons. The predicted octanol–water partition coefficient (Wildman–Crippen LogP) is 1.63. The quantitative estimate of drug-likeness (QED) is 0.731. The minimum atomic E-state index is -0.531. The molecule has 2 fully saturated rings. The van der Waals surface area contributed by atoms with Gasteiger partial charge < -0.3 is 18.8 Å². The molecular weight excluding hydrogens is 378 g/mol. The van der Waals surface area contributed by atoms with Crippen LogP contribution in [0.4, 0.5) is 4.79 Å². The largest absolute Gasteiger partial charge is 0.447 e. The van der Waals surface area contributed by atoms with E-state index >= 15 is 0 Å². The molecule has 4 rings (SSSR count). The molecule has 0 saturated carbocycles. The van der Waals surface area contributed by atoms with E-state index in [0.29, 0.717) is 62.4 Å². The molecule has 1 N–H and O–H groups in total. The first-order chi connectivity index (χ1) is 14.1. The van der Waals surface area contributed by atoms with Crippen LogP contribution >= 0.6 is 0 Å². The van der Waals surface area contributed by atoms with Gasteiger partial charge in [0.1, 0.15) is 6.61 Å². The molecule has 29 heavy (non-hydrogen) atoms. The number of ketones is 1. The minimum absolute atomic E-state index is 0.00541. The normalized spacial score (nSPS) is 20.3. The third-order valence-electron chi connectivity index (χ3n) is 5.45. The smallest absolute Gasteiger partial charge is 0.417 e. The van der Waals surface area contributed by atoms with Gasteiger partial charge in [-0.05, 0) is 31.0 Å². The van der Waals surface area contributed by atoms with Gasteiger partial charge in [0.2, 0.25) is 0 Å². The van der Waals surface area contributed by atoms with E-state index < -0.39 is 5.76 Å². The summed E-state index contributed by atoms with van der Waals surface area (Å²) in [7, 11) is 0. The van der Waals surface area contributed by atoms with Crippen LogP contribution in [0.3, 0.4) is 0 Å². The van der Waals surface area contributed by atoms with Gasteiger partial charge in [-0.15, -0.1) is 0 Å². The molecule has 1 atom stereocenters. The molecule has 2 aliphatic rings. The first kappa shape index (κ1) is 19.7. The second kappa shape index (κ2) is 8.79. The average molecular weight is 403 g/mol. The number of nitrogens with zero attached hydrogens (tertiary/aromatic N) is 2. The van der Waals surface area contributed by atoms with Gasteiger partial charge in [-0.3, -0.25) is 14.7 Å². The van der Waals surface area contributed by atoms with Gasteiger partial charge in [0.25, 0.3) is 0 Å². The fourth-order valence-corrected chi connectivity index (χ4v) is 3.71. The number of fused-ring (bicyclic) bond motifs is 1. The molecule has 0 aliphatic carbocycles. The summed E-state index contributed by atoms with van der Waals surface area (Å²) < 4.78 is 15.8. The number of hydrogen-bond acceptors (Lipinski definition) is 7. The van der Waals surface area contributed by atoms with Crippen LogP contribution in [-0.2, 0) is 9.47 Å². The lowest BCUT2D eigenvalue weighted by atomic mass is 10.1. The third-order valence-corrected chi connectivity index (χ3v) is 5.45. The van der Waals surface area contributed by atoms with E-state index in [-0.39, 0.29) is 18.0 Å². The average Bonchev–Trinajstić information content (AvgIpc) is 3.38. The maximum Gasteiger partial charge on any atom is 0.417 e. The maximum atomic E-state index is 12.5. The number of oxazole rings is 1. The van der Waals surface area contributed by atoms with Crippen LogP contribution in [-0.4, -0.2) is 78.7 Å². The van der Waals surface area contributed by atoms with Crippen LogP contribution in [0, 0.1) is 0 Å². The Bertz CT molecular complexity index is 922. The van der Waals surface area contributed by atoms with Crippen molar-refractivity contribution in [1.82, 2.24) is 14.8 Å². The predicted molar refractivity (Wildman–Crippen MR) is 104 cm³/mol. The Kier molecular flexibility index (Phi) is 5.96. The summed E-state index contributed by atoms with van der Waals surface area (Å²) in [6.45, 7) is 4.25. The van der Waals surface area contributed by atoms with E-state index in [0.717, 1.165) is 19.4 Å². The first-order valence-corrected chi connectivity index (χ1v) is 10.0. The highest BCUT2D eigenvalue weighted by Crippen LogP contribution is 2.15. The summed E-state index contributed by atoms with van der Waals surface area (Å²) in [5.74, 6) is -0.536. The minimum Gasteiger partial charge on any atom is -0.447 e. The number of carbonyl (C=O) groups is 2. The van der Waals surface area contributed by atoms with Crippen molar-refractivity contribution in [3.63, 3.8) is 0 Å². The van der Waals surface area contributed by atoms with Crippen LogP contribution in [0.25, 0.3) is 11.1 Å². The van der Waals surface area contributed by atoms with Gasteiger partial charge in [0.05, 0.1) is 11.6 Å². The second-order valence-corrected chi connectivity index (χ2v) is 7.44. The molecular formula is C20H25N3O6. The lowest BCUT2D eigenvalue weighted by molar-refractivity contribution is 0.0230. The third kappa shape index (κ3) is 4.86. The molecule has 156 valence electrons. The Morgan fingerprint density at radius 1 is 1.21 bits per heavy atom. The van der Waals surface area contributed by atoms with E-state index in [1.807, 2.05) is 0 Å². The van der Waals surface area contributed by atoms with Crippen molar-refractivity contribution in [1.29, 1.82) is 0 Å². The Labute approximate surface area is 167 Å². The number of benzene rings is 1. The van der Waals surface area contributed by atoms with E-state index in [4.69, 9.17) is 13.9 Å². The zero-order valence-electron chi connectivity index (χ0n) is 16.2. The molecule has 2 aliphatic heterocycles. The molecule has 1 unspecified atom stereocenters. The maximum absolute atomic E-state index is 12.5. The monoisotopic (exact) mass is 403 g/mol. The van der Waals surface area contributed by atoms with Crippen LogP contribution in [0.1, 0.15) is 29.6 Å². The van der Waals surface area contributed by atoms with Crippen molar-refractivity contribution in [2.75, 3.05) is 45.9 Å². The summed E-state index contributed by atoms with van der Waals surface area (Å²) in [4.78, 5) is 42.3. The number of Topliss-reactive ketones (excluding diaryl/α,β-unsaturated/α-hetero) is 1. The van der Waals surface area contributed by atoms with Crippen LogP contribution in [0.15, 0.2) is 27.4 Å². The number of rotatable bonds is 6. The van der Waals surface area contributed by atoms with Crippen molar-refractivity contribution in [2.45, 2.75) is 25.4 Å². The highest BCUT2D eigenvalue weighted by atomic mass is 16.6. The molecule has 3 heterocycles. The number of aromatic nitrogens is 1. The topological polar surface area (TPSA) is 105 Å². The van der Waals surface area contributed by atoms with E-state index in [1.165, 1.54) is 0 Å². The van der Waals surface area contributed by atoms with E-state index in [9.17, 15) is 14.4 Å². The zero-order valence-corrected chi connectivity index (χ0v) is 16.2. The lowest BCUT2D eigenvalue weighted by Crippen LogP contribution is -2.49. The fourth-order valence-electron chi connectivity index (χ4n) is 3.71. The molecule has 2 saturated heterocycles. The van der Waals surface area contributed by atoms with Crippen molar-refractivity contribution >= 4 is 23.0 Å². The van der Waals surface area contributed by atoms with E-state index in [1.54, 1.807) is 23.1 Å². The van der Waals surface area contributed by atoms with Gasteiger partial charge in [-0.25, -0.2) is 9.59 Å². The molecule has 1 aromatic carbocycles. The Balaban J connectivity index is 1.20. The summed E-state index contributed by atoms with van der Waals surface area (Å²) in [5.41, 5.74) is 1.49. The van der Waals surface area contributed by atoms with Crippen molar-refractivity contribution in [3.8, 4) is 0 Å².